The third kappa shape index (κ3) is 2.79. The van der Waals surface area contributed by atoms with Crippen LogP contribution < -0.4 is 11.2 Å². The molecule has 0 fully saturated rings. The van der Waals surface area contributed by atoms with Crippen molar-refractivity contribution in [1.82, 2.24) is 23.1 Å². The van der Waals surface area contributed by atoms with Crippen LogP contribution in [0, 0.1) is 13.8 Å². The maximum Gasteiger partial charge on any atom is 0.333 e. The highest BCUT2D eigenvalue weighted by atomic mass is 16.5. The van der Waals surface area contributed by atoms with Crippen molar-refractivity contribution in [1.29, 1.82) is 0 Å². The number of imidazole rings is 2. The van der Waals surface area contributed by atoms with Crippen LogP contribution in [0.25, 0.3) is 16.9 Å². The van der Waals surface area contributed by atoms with Gasteiger partial charge in [-0.25, -0.2) is 9.36 Å². The van der Waals surface area contributed by atoms with Gasteiger partial charge in [-0.15, -0.1) is 0 Å². The molecule has 0 amide bonds. The zero-order valence-corrected chi connectivity index (χ0v) is 16.6. The van der Waals surface area contributed by atoms with Crippen LogP contribution in [0.3, 0.4) is 0 Å². The van der Waals surface area contributed by atoms with Gasteiger partial charge in [0.1, 0.15) is 12.3 Å². The van der Waals surface area contributed by atoms with Crippen LogP contribution in [0.1, 0.15) is 24.1 Å². The molecule has 0 saturated heterocycles. The molecule has 0 spiro atoms. The molecule has 29 heavy (non-hydrogen) atoms. The molecule has 0 saturated carbocycles. The summed E-state index contributed by atoms with van der Waals surface area (Å²) in [6, 6.07) is 3.66. The van der Waals surface area contributed by atoms with E-state index in [2.05, 4.69) is 4.98 Å². The second-order valence-electron chi connectivity index (χ2n) is 6.79. The Bertz CT molecular complexity index is 1350. The molecule has 4 heterocycles. The van der Waals surface area contributed by atoms with Gasteiger partial charge in [-0.05, 0) is 32.9 Å². The molecule has 0 bridgehead atoms. The standard InChI is InChI=1S/C19H21N5O5/c1-5-28-14(25)10-23-17(26)15-16(21(4)19(23)27)20-18-22(9-13-7-6-8-29-13)11(2)12(3)24(15)18/h6-8H,5,9-10H2,1-4H3. The minimum Gasteiger partial charge on any atom is -0.467 e. The predicted molar refractivity (Wildman–Crippen MR) is 104 cm³/mol. The van der Waals surface area contributed by atoms with Crippen molar-refractivity contribution in [3.05, 3.63) is 56.4 Å². The minimum atomic E-state index is -0.643. The van der Waals surface area contributed by atoms with Gasteiger partial charge in [0.05, 0.1) is 19.4 Å². The maximum atomic E-state index is 13.2. The van der Waals surface area contributed by atoms with E-state index in [9.17, 15) is 14.4 Å². The molecule has 4 rings (SSSR count). The van der Waals surface area contributed by atoms with Gasteiger partial charge in [0.2, 0.25) is 5.78 Å². The fourth-order valence-corrected chi connectivity index (χ4v) is 3.54. The summed E-state index contributed by atoms with van der Waals surface area (Å²) in [4.78, 5) is 42.3. The summed E-state index contributed by atoms with van der Waals surface area (Å²) < 4.78 is 16.1. The summed E-state index contributed by atoms with van der Waals surface area (Å²) in [5.74, 6) is 0.619. The minimum absolute atomic E-state index is 0.168. The first-order valence-electron chi connectivity index (χ1n) is 9.20. The van der Waals surface area contributed by atoms with Gasteiger partial charge in [0, 0.05) is 18.4 Å². The summed E-state index contributed by atoms with van der Waals surface area (Å²) in [7, 11) is 1.53. The smallest absolute Gasteiger partial charge is 0.333 e. The Morgan fingerprint density at radius 1 is 1.21 bits per heavy atom. The molecule has 0 aromatic carbocycles. The Morgan fingerprint density at radius 2 is 1.97 bits per heavy atom. The lowest BCUT2D eigenvalue weighted by Crippen LogP contribution is -2.41. The number of nitrogens with zero attached hydrogens (tertiary/aromatic N) is 5. The zero-order chi connectivity index (χ0) is 20.9. The largest absolute Gasteiger partial charge is 0.467 e. The monoisotopic (exact) mass is 399 g/mol. The van der Waals surface area contributed by atoms with Crippen molar-refractivity contribution in [3.8, 4) is 0 Å². The fraction of sp³-hybridized carbons (Fsp3) is 0.368. The van der Waals surface area contributed by atoms with E-state index < -0.39 is 23.8 Å². The van der Waals surface area contributed by atoms with Gasteiger partial charge in [-0.3, -0.25) is 18.6 Å². The average molecular weight is 399 g/mol. The normalized spacial score (nSPS) is 11.6. The zero-order valence-electron chi connectivity index (χ0n) is 16.6. The molecule has 10 heteroatoms. The molecule has 152 valence electrons. The molecule has 0 N–H and O–H groups in total. The van der Waals surface area contributed by atoms with E-state index in [1.165, 1.54) is 11.6 Å². The first-order chi connectivity index (χ1) is 13.8. The van der Waals surface area contributed by atoms with Crippen LogP contribution in [0.5, 0.6) is 0 Å². The van der Waals surface area contributed by atoms with Gasteiger partial charge in [0.25, 0.3) is 5.56 Å². The van der Waals surface area contributed by atoms with E-state index in [1.54, 1.807) is 23.7 Å². The number of aromatic nitrogens is 5. The molecule has 0 radical (unpaired) electrons. The van der Waals surface area contributed by atoms with Crippen LogP contribution in [-0.2, 0) is 29.7 Å². The molecule has 4 aromatic rings. The van der Waals surface area contributed by atoms with Crippen molar-refractivity contribution >= 4 is 22.9 Å². The SMILES string of the molecule is CCOC(=O)Cn1c(=O)c2c(nc3n(Cc4ccco4)c(C)c(C)n23)n(C)c1=O. The van der Waals surface area contributed by atoms with E-state index in [0.29, 0.717) is 12.3 Å². The highest BCUT2D eigenvalue weighted by Crippen LogP contribution is 2.21. The van der Waals surface area contributed by atoms with Crippen LogP contribution in [-0.4, -0.2) is 35.7 Å². The molecule has 0 aliphatic rings. The van der Waals surface area contributed by atoms with Crippen molar-refractivity contribution < 1.29 is 13.9 Å². The van der Waals surface area contributed by atoms with E-state index in [0.717, 1.165) is 21.7 Å². The molecule has 4 aromatic heterocycles. The van der Waals surface area contributed by atoms with Gasteiger partial charge in [-0.2, -0.15) is 4.98 Å². The van der Waals surface area contributed by atoms with Crippen LogP contribution in [0.15, 0.2) is 32.4 Å². The Kier molecular flexibility index (Phi) is 4.40. The number of furan rings is 1. The number of esters is 1. The lowest BCUT2D eigenvalue weighted by atomic mass is 10.3. The molecular weight excluding hydrogens is 378 g/mol. The molecule has 0 unspecified atom stereocenters. The number of rotatable bonds is 5. The lowest BCUT2D eigenvalue weighted by molar-refractivity contribution is -0.143. The number of carbonyl (C=O) groups excluding carboxylic acids is 1. The first kappa shape index (κ1) is 18.8. The summed E-state index contributed by atoms with van der Waals surface area (Å²) in [6.07, 6.45) is 1.60. The quantitative estimate of drug-likeness (QED) is 0.463. The van der Waals surface area contributed by atoms with E-state index in [4.69, 9.17) is 9.15 Å². The predicted octanol–water partition coefficient (Wildman–Crippen LogP) is 0.971. The van der Waals surface area contributed by atoms with Crippen molar-refractivity contribution in [2.45, 2.75) is 33.9 Å². The number of ether oxygens (including phenoxy) is 1. The highest BCUT2D eigenvalue weighted by molar-refractivity contribution is 5.77. The fourth-order valence-electron chi connectivity index (χ4n) is 3.54. The Balaban J connectivity index is 2.01. The number of hydrogen-bond donors (Lipinski definition) is 0. The van der Waals surface area contributed by atoms with Gasteiger partial charge in [-0.1, -0.05) is 0 Å². The van der Waals surface area contributed by atoms with Crippen LogP contribution in [0.4, 0.5) is 0 Å². The number of aryl methyl sites for hydroxylation is 2. The number of hydrogen-bond acceptors (Lipinski definition) is 6. The van der Waals surface area contributed by atoms with Gasteiger partial charge < -0.3 is 13.7 Å². The van der Waals surface area contributed by atoms with E-state index in [1.807, 2.05) is 24.5 Å². The summed E-state index contributed by atoms with van der Waals surface area (Å²) in [6.45, 7) is 5.62. The van der Waals surface area contributed by atoms with Crippen LogP contribution >= 0.6 is 0 Å². The first-order valence-corrected chi connectivity index (χ1v) is 9.20. The maximum absolute atomic E-state index is 13.2. The second kappa shape index (κ2) is 6.80. The van der Waals surface area contributed by atoms with Gasteiger partial charge >= 0.3 is 11.7 Å². The Hall–Kier alpha value is -3.56. The summed E-state index contributed by atoms with van der Waals surface area (Å²) in [5.41, 5.74) is 1.02. The highest BCUT2D eigenvalue weighted by Gasteiger charge is 2.23. The second-order valence-corrected chi connectivity index (χ2v) is 6.79. The van der Waals surface area contributed by atoms with E-state index >= 15 is 0 Å². The number of carbonyl (C=O) groups is 1. The topological polar surface area (TPSA) is 106 Å². The number of fused-ring (bicyclic) bond motifs is 3. The summed E-state index contributed by atoms with van der Waals surface area (Å²) >= 11 is 0. The molecule has 0 atom stereocenters. The molecule has 10 nitrogen and oxygen atoms in total. The molecule has 0 aliphatic heterocycles. The van der Waals surface area contributed by atoms with Crippen molar-refractivity contribution in [3.63, 3.8) is 0 Å². The van der Waals surface area contributed by atoms with Gasteiger partial charge in [0.15, 0.2) is 11.2 Å². The molecule has 0 aliphatic carbocycles. The molecular formula is C19H21N5O5. The van der Waals surface area contributed by atoms with E-state index in [-0.39, 0.29) is 17.8 Å². The Labute approximate surface area is 164 Å². The Morgan fingerprint density at radius 3 is 2.62 bits per heavy atom. The van der Waals surface area contributed by atoms with Crippen LogP contribution in [0.2, 0.25) is 0 Å². The summed E-state index contributed by atoms with van der Waals surface area (Å²) in [5, 5.41) is 0. The van der Waals surface area contributed by atoms with Crippen molar-refractivity contribution in [2.75, 3.05) is 6.61 Å². The lowest BCUT2D eigenvalue weighted by Gasteiger charge is -2.08. The third-order valence-corrected chi connectivity index (χ3v) is 5.12. The van der Waals surface area contributed by atoms with Crippen molar-refractivity contribution in [2.24, 2.45) is 7.05 Å². The average Bonchev–Trinajstić information content (AvgIpc) is 3.38. The third-order valence-electron chi connectivity index (χ3n) is 5.12.